The molecule has 0 spiro atoms. The molecule has 1 aromatic carbocycles. The zero-order valence-electron chi connectivity index (χ0n) is 15.4. The number of likely N-dealkylation sites (N-methyl/N-ethyl adjacent to an activating group) is 1. The van der Waals surface area contributed by atoms with E-state index in [0.717, 1.165) is 5.82 Å². The van der Waals surface area contributed by atoms with Crippen molar-refractivity contribution in [2.45, 2.75) is 26.2 Å². The van der Waals surface area contributed by atoms with Gasteiger partial charge in [0.15, 0.2) is 0 Å². The molecule has 136 valence electrons. The Labute approximate surface area is 152 Å². The Balaban J connectivity index is 2.03. The van der Waals surface area contributed by atoms with Gasteiger partial charge < -0.3 is 19.7 Å². The van der Waals surface area contributed by atoms with Gasteiger partial charge in [-0.05, 0) is 0 Å². The number of nitrogens with zero attached hydrogens (tertiary/aromatic N) is 3. The number of hydrogen-bond acceptors (Lipinski definition) is 7. The van der Waals surface area contributed by atoms with Crippen molar-refractivity contribution in [2.75, 3.05) is 38.0 Å². The molecule has 1 heterocycles. The van der Waals surface area contributed by atoms with Crippen LogP contribution in [0.25, 0.3) is 0 Å². The van der Waals surface area contributed by atoms with Crippen molar-refractivity contribution < 1.29 is 14.3 Å². The normalized spacial score (nSPS) is 11.1. The summed E-state index contributed by atoms with van der Waals surface area (Å²) in [6, 6.07) is 5.23. The molecule has 8 heteroatoms. The van der Waals surface area contributed by atoms with Crippen molar-refractivity contribution in [3.8, 4) is 11.5 Å². The topological polar surface area (TPSA) is 76.6 Å². The molecule has 0 aliphatic rings. The van der Waals surface area contributed by atoms with E-state index < -0.39 is 0 Å². The van der Waals surface area contributed by atoms with Gasteiger partial charge in [-0.3, -0.25) is 4.79 Å². The fourth-order valence-electron chi connectivity index (χ4n) is 2.04. The largest absolute Gasteiger partial charge is 0.497 e. The van der Waals surface area contributed by atoms with Crippen molar-refractivity contribution in [1.82, 2.24) is 9.36 Å². The van der Waals surface area contributed by atoms with Gasteiger partial charge >= 0.3 is 0 Å². The third-order valence-corrected chi connectivity index (χ3v) is 4.26. The number of rotatable bonds is 6. The molecular weight excluding hydrogens is 340 g/mol. The Hall–Kier alpha value is -2.35. The molecule has 1 aromatic heterocycles. The third kappa shape index (κ3) is 5.06. The second-order valence-corrected chi connectivity index (χ2v) is 7.39. The molecule has 0 saturated carbocycles. The number of ether oxygens (including phenoxy) is 2. The minimum atomic E-state index is -0.162. The SMILES string of the molecule is COc1cc(NC(=O)CN(C)c2nc(C(C)(C)C)ns2)cc(OC)c1. The van der Waals surface area contributed by atoms with Crippen LogP contribution in [-0.2, 0) is 10.2 Å². The molecule has 1 N–H and O–H groups in total. The summed E-state index contributed by atoms with van der Waals surface area (Å²) in [5.41, 5.74) is 0.497. The van der Waals surface area contributed by atoms with Gasteiger partial charge in [-0.2, -0.15) is 4.37 Å². The average Bonchev–Trinajstić information content (AvgIpc) is 3.04. The monoisotopic (exact) mass is 364 g/mol. The van der Waals surface area contributed by atoms with E-state index >= 15 is 0 Å². The maximum Gasteiger partial charge on any atom is 0.243 e. The predicted molar refractivity (Wildman–Crippen MR) is 100 cm³/mol. The van der Waals surface area contributed by atoms with Crippen molar-refractivity contribution >= 4 is 28.3 Å². The van der Waals surface area contributed by atoms with Crippen molar-refractivity contribution in [2.24, 2.45) is 0 Å². The number of carbonyl (C=O) groups excluding carboxylic acids is 1. The molecule has 0 atom stereocenters. The first-order chi connectivity index (χ1) is 11.7. The van der Waals surface area contributed by atoms with Crippen LogP contribution in [0, 0.1) is 0 Å². The molecule has 0 radical (unpaired) electrons. The van der Waals surface area contributed by atoms with Crippen LogP contribution in [0.1, 0.15) is 26.6 Å². The van der Waals surface area contributed by atoms with Gasteiger partial charge in [-0.1, -0.05) is 20.8 Å². The van der Waals surface area contributed by atoms with E-state index in [1.54, 1.807) is 37.3 Å². The molecule has 0 bridgehead atoms. The number of aromatic nitrogens is 2. The zero-order valence-corrected chi connectivity index (χ0v) is 16.2. The van der Waals surface area contributed by atoms with E-state index in [1.165, 1.54) is 11.5 Å². The summed E-state index contributed by atoms with van der Waals surface area (Å²) in [6.07, 6.45) is 0. The molecule has 1 amide bonds. The van der Waals surface area contributed by atoms with E-state index in [9.17, 15) is 4.79 Å². The predicted octanol–water partition coefficient (Wildman–Crippen LogP) is 2.93. The number of carbonyl (C=O) groups is 1. The lowest BCUT2D eigenvalue weighted by atomic mass is 9.96. The molecule has 0 fully saturated rings. The minimum absolute atomic E-state index is 0.116. The van der Waals surface area contributed by atoms with Crippen molar-refractivity contribution in [1.29, 1.82) is 0 Å². The molecule has 0 saturated heterocycles. The molecule has 2 aromatic rings. The van der Waals surface area contributed by atoms with Crippen molar-refractivity contribution in [3.63, 3.8) is 0 Å². The maximum atomic E-state index is 12.3. The standard InChI is InChI=1S/C17H24N4O3S/c1-17(2,3)15-19-16(25-20-15)21(4)10-14(22)18-11-7-12(23-5)9-13(8-11)24-6/h7-9H,10H2,1-6H3,(H,18,22). The first kappa shape index (κ1) is 19.0. The second-order valence-electron chi connectivity index (χ2n) is 6.66. The fraction of sp³-hybridized carbons (Fsp3) is 0.471. The summed E-state index contributed by atoms with van der Waals surface area (Å²) in [6.45, 7) is 6.34. The Morgan fingerprint density at radius 3 is 2.28 bits per heavy atom. The quantitative estimate of drug-likeness (QED) is 0.849. The zero-order chi connectivity index (χ0) is 18.6. The summed E-state index contributed by atoms with van der Waals surface area (Å²) in [5, 5.41) is 3.56. The van der Waals surface area contributed by atoms with Gasteiger partial charge in [0.2, 0.25) is 11.0 Å². The number of nitrogens with one attached hydrogen (secondary N) is 1. The summed E-state index contributed by atoms with van der Waals surface area (Å²) in [5.74, 6) is 1.84. The van der Waals surface area contributed by atoms with Crippen LogP contribution >= 0.6 is 11.5 Å². The van der Waals surface area contributed by atoms with Gasteiger partial charge in [-0.25, -0.2) is 4.98 Å². The minimum Gasteiger partial charge on any atom is -0.497 e. The lowest BCUT2D eigenvalue weighted by Crippen LogP contribution is -2.30. The first-order valence-corrected chi connectivity index (χ1v) is 8.58. The van der Waals surface area contributed by atoms with Gasteiger partial charge in [0.1, 0.15) is 17.3 Å². The average molecular weight is 364 g/mol. The smallest absolute Gasteiger partial charge is 0.243 e. The summed E-state index contributed by atoms with van der Waals surface area (Å²) in [7, 11) is 4.95. The van der Waals surface area contributed by atoms with Crippen LogP contribution in [0.3, 0.4) is 0 Å². The highest BCUT2D eigenvalue weighted by Crippen LogP contribution is 2.26. The number of amides is 1. The molecule has 7 nitrogen and oxygen atoms in total. The number of hydrogen-bond donors (Lipinski definition) is 1. The van der Waals surface area contributed by atoms with E-state index in [1.807, 2.05) is 7.05 Å². The highest BCUT2D eigenvalue weighted by atomic mass is 32.1. The number of methoxy groups -OCH3 is 2. The van der Waals surface area contributed by atoms with Crippen LogP contribution in [0.5, 0.6) is 11.5 Å². The summed E-state index contributed by atoms with van der Waals surface area (Å²) in [4.78, 5) is 18.6. The van der Waals surface area contributed by atoms with Crippen LogP contribution in [0.15, 0.2) is 18.2 Å². The molecule has 2 rings (SSSR count). The molecule has 25 heavy (non-hydrogen) atoms. The summed E-state index contributed by atoms with van der Waals surface area (Å²) >= 11 is 1.29. The Bertz CT molecular complexity index is 717. The van der Waals surface area contributed by atoms with Crippen LogP contribution in [0.2, 0.25) is 0 Å². The number of benzene rings is 1. The lowest BCUT2D eigenvalue weighted by molar-refractivity contribution is -0.114. The second kappa shape index (κ2) is 7.69. The molecule has 0 unspecified atom stereocenters. The number of anilines is 2. The van der Waals surface area contributed by atoms with Gasteiger partial charge in [0.25, 0.3) is 0 Å². The fourth-order valence-corrected chi connectivity index (χ4v) is 2.85. The van der Waals surface area contributed by atoms with E-state index in [-0.39, 0.29) is 17.9 Å². The Morgan fingerprint density at radius 2 is 1.80 bits per heavy atom. The van der Waals surface area contributed by atoms with Gasteiger partial charge in [0, 0.05) is 47.9 Å². The summed E-state index contributed by atoms with van der Waals surface area (Å²) < 4.78 is 14.8. The third-order valence-electron chi connectivity index (χ3n) is 3.43. The highest BCUT2D eigenvalue weighted by molar-refractivity contribution is 7.09. The molecular formula is C17H24N4O3S. The van der Waals surface area contributed by atoms with E-state index in [2.05, 4.69) is 35.4 Å². The molecule has 0 aliphatic carbocycles. The lowest BCUT2D eigenvalue weighted by Gasteiger charge is -2.16. The Morgan fingerprint density at radius 1 is 1.20 bits per heavy atom. The highest BCUT2D eigenvalue weighted by Gasteiger charge is 2.21. The van der Waals surface area contributed by atoms with E-state index in [0.29, 0.717) is 22.3 Å². The van der Waals surface area contributed by atoms with Gasteiger partial charge in [0.05, 0.1) is 20.8 Å². The maximum absolute atomic E-state index is 12.3. The molecule has 0 aliphatic heterocycles. The van der Waals surface area contributed by atoms with Gasteiger partial charge in [-0.15, -0.1) is 0 Å². The Kier molecular flexibility index (Phi) is 5.84. The van der Waals surface area contributed by atoms with Crippen LogP contribution in [0.4, 0.5) is 10.8 Å². The van der Waals surface area contributed by atoms with Crippen LogP contribution in [-0.4, -0.2) is 43.1 Å². The first-order valence-electron chi connectivity index (χ1n) is 7.81. The van der Waals surface area contributed by atoms with E-state index in [4.69, 9.17) is 9.47 Å². The van der Waals surface area contributed by atoms with Crippen LogP contribution < -0.4 is 19.7 Å². The van der Waals surface area contributed by atoms with Crippen molar-refractivity contribution in [3.05, 3.63) is 24.0 Å².